The van der Waals surface area contributed by atoms with E-state index in [9.17, 15) is 8.42 Å². The molecule has 0 bridgehead atoms. The first-order valence-electron chi connectivity index (χ1n) is 4.66. The van der Waals surface area contributed by atoms with Gasteiger partial charge in [-0.3, -0.25) is 0 Å². The fourth-order valence-electron chi connectivity index (χ4n) is 3.37. The fourth-order valence-corrected chi connectivity index (χ4v) is 4.86. The van der Waals surface area contributed by atoms with Crippen molar-refractivity contribution in [3.05, 3.63) is 0 Å². The van der Waals surface area contributed by atoms with Crippen LogP contribution in [0.3, 0.4) is 0 Å². The molecule has 0 saturated heterocycles. The molecule has 2 rings (SSSR count). The van der Waals surface area contributed by atoms with Crippen LogP contribution >= 0.6 is 10.7 Å². The number of hydrogen-bond donors (Lipinski definition) is 0. The standard InChI is InChI=1S/C9H15ClO2S/c1-8(2)5-9(6-8)3-7(4-9)13(10,11)12/h7H,3-6H2,1-2H3. The van der Waals surface area contributed by atoms with Crippen LogP contribution in [0.1, 0.15) is 39.5 Å². The monoisotopic (exact) mass is 222 g/mol. The third-order valence-electron chi connectivity index (χ3n) is 3.43. The average molecular weight is 223 g/mol. The summed E-state index contributed by atoms with van der Waals surface area (Å²) in [5.74, 6) is 0. The van der Waals surface area contributed by atoms with E-state index in [4.69, 9.17) is 10.7 Å². The average Bonchev–Trinajstić information content (AvgIpc) is 1.72. The predicted molar refractivity (Wildman–Crippen MR) is 53.2 cm³/mol. The Morgan fingerprint density at radius 3 is 2.00 bits per heavy atom. The second-order valence-electron chi connectivity index (χ2n) is 5.52. The van der Waals surface area contributed by atoms with Gasteiger partial charge in [0.15, 0.2) is 0 Å². The molecule has 2 nitrogen and oxygen atoms in total. The van der Waals surface area contributed by atoms with Crippen molar-refractivity contribution in [2.45, 2.75) is 44.8 Å². The van der Waals surface area contributed by atoms with Crippen LogP contribution in [0.15, 0.2) is 0 Å². The Morgan fingerprint density at radius 2 is 1.69 bits per heavy atom. The molecule has 2 aliphatic rings. The van der Waals surface area contributed by atoms with Crippen molar-refractivity contribution in [3.8, 4) is 0 Å². The van der Waals surface area contributed by atoms with Crippen LogP contribution in [0.5, 0.6) is 0 Å². The molecule has 0 aromatic heterocycles. The Kier molecular flexibility index (Phi) is 1.83. The van der Waals surface area contributed by atoms with Gasteiger partial charge in [-0.2, -0.15) is 0 Å². The summed E-state index contributed by atoms with van der Waals surface area (Å²) in [7, 11) is 2.01. The molecule has 2 fully saturated rings. The van der Waals surface area contributed by atoms with Crippen LogP contribution in [0.4, 0.5) is 0 Å². The topological polar surface area (TPSA) is 34.1 Å². The van der Waals surface area contributed by atoms with Gasteiger partial charge in [-0.1, -0.05) is 13.8 Å². The van der Waals surface area contributed by atoms with E-state index in [1.807, 2.05) is 0 Å². The summed E-state index contributed by atoms with van der Waals surface area (Å²) in [6, 6.07) is 0. The molecule has 1 spiro atoms. The molecule has 0 aromatic carbocycles. The second-order valence-corrected chi connectivity index (χ2v) is 8.43. The molecular weight excluding hydrogens is 208 g/mol. The lowest BCUT2D eigenvalue weighted by molar-refractivity contribution is -0.0720. The zero-order chi connectivity index (χ0) is 9.91. The molecule has 4 heteroatoms. The molecule has 0 N–H and O–H groups in total. The highest BCUT2D eigenvalue weighted by Crippen LogP contribution is 2.65. The van der Waals surface area contributed by atoms with E-state index in [1.165, 1.54) is 12.8 Å². The van der Waals surface area contributed by atoms with Gasteiger partial charge in [-0.25, -0.2) is 8.42 Å². The maximum Gasteiger partial charge on any atom is 0.235 e. The predicted octanol–water partition coefficient (Wildman–Crippen LogP) is 2.52. The van der Waals surface area contributed by atoms with Crippen molar-refractivity contribution >= 4 is 19.7 Å². The molecular formula is C9H15ClO2S. The van der Waals surface area contributed by atoms with Crippen molar-refractivity contribution in [2.75, 3.05) is 0 Å². The smallest absolute Gasteiger partial charge is 0.212 e. The lowest BCUT2D eigenvalue weighted by Gasteiger charge is -2.61. The van der Waals surface area contributed by atoms with E-state index in [1.54, 1.807) is 0 Å². The maximum atomic E-state index is 11.0. The van der Waals surface area contributed by atoms with Crippen LogP contribution in [-0.2, 0) is 9.05 Å². The van der Waals surface area contributed by atoms with E-state index in [-0.39, 0.29) is 5.25 Å². The third kappa shape index (κ3) is 1.61. The molecule has 13 heavy (non-hydrogen) atoms. The summed E-state index contributed by atoms with van der Waals surface area (Å²) in [6.07, 6.45) is 3.93. The molecule has 0 atom stereocenters. The fraction of sp³-hybridized carbons (Fsp3) is 1.00. The Labute approximate surface area is 84.1 Å². The first kappa shape index (κ1) is 9.78. The molecule has 2 saturated carbocycles. The van der Waals surface area contributed by atoms with Gasteiger partial charge in [0.2, 0.25) is 9.05 Å². The van der Waals surface area contributed by atoms with Crippen LogP contribution < -0.4 is 0 Å². The lowest BCUT2D eigenvalue weighted by atomic mass is 9.46. The molecule has 0 radical (unpaired) electrons. The quantitative estimate of drug-likeness (QED) is 0.639. The van der Waals surface area contributed by atoms with Gasteiger partial charge < -0.3 is 0 Å². The van der Waals surface area contributed by atoms with Crippen LogP contribution in [0, 0.1) is 10.8 Å². The molecule has 0 aromatic rings. The Balaban J connectivity index is 1.94. The van der Waals surface area contributed by atoms with Gasteiger partial charge in [-0.15, -0.1) is 0 Å². The van der Waals surface area contributed by atoms with E-state index < -0.39 is 9.05 Å². The van der Waals surface area contributed by atoms with Gasteiger partial charge in [0, 0.05) is 10.7 Å². The molecule has 0 aliphatic heterocycles. The first-order valence-corrected chi connectivity index (χ1v) is 7.03. The first-order chi connectivity index (χ1) is 5.73. The van der Waals surface area contributed by atoms with E-state index in [2.05, 4.69) is 13.8 Å². The number of hydrogen-bond acceptors (Lipinski definition) is 2. The van der Waals surface area contributed by atoms with E-state index in [0.29, 0.717) is 10.8 Å². The minimum Gasteiger partial charge on any atom is -0.212 e. The minimum absolute atomic E-state index is 0.259. The van der Waals surface area contributed by atoms with Crippen molar-refractivity contribution in [2.24, 2.45) is 10.8 Å². The van der Waals surface area contributed by atoms with Crippen LogP contribution in [-0.4, -0.2) is 13.7 Å². The summed E-state index contributed by atoms with van der Waals surface area (Å²) in [5.41, 5.74) is 0.775. The highest BCUT2D eigenvalue weighted by molar-refractivity contribution is 8.14. The molecule has 0 heterocycles. The van der Waals surface area contributed by atoms with Crippen molar-refractivity contribution in [1.29, 1.82) is 0 Å². The summed E-state index contributed by atoms with van der Waals surface area (Å²) in [5, 5.41) is -0.259. The van der Waals surface area contributed by atoms with Crippen molar-refractivity contribution in [1.82, 2.24) is 0 Å². The zero-order valence-electron chi connectivity index (χ0n) is 8.01. The number of halogens is 1. The van der Waals surface area contributed by atoms with Gasteiger partial charge >= 0.3 is 0 Å². The minimum atomic E-state index is -3.28. The van der Waals surface area contributed by atoms with Gasteiger partial charge in [0.1, 0.15) is 0 Å². The van der Waals surface area contributed by atoms with E-state index >= 15 is 0 Å². The third-order valence-corrected chi connectivity index (χ3v) is 5.31. The van der Waals surface area contributed by atoms with Crippen molar-refractivity contribution < 1.29 is 8.42 Å². The van der Waals surface area contributed by atoms with Gasteiger partial charge in [-0.05, 0) is 36.5 Å². The highest BCUT2D eigenvalue weighted by atomic mass is 35.7. The zero-order valence-corrected chi connectivity index (χ0v) is 9.58. The Hall–Kier alpha value is 0.240. The Bertz CT molecular complexity index is 316. The molecule has 2 aliphatic carbocycles. The summed E-state index contributed by atoms with van der Waals surface area (Å²) in [4.78, 5) is 0. The van der Waals surface area contributed by atoms with Crippen LogP contribution in [0.2, 0.25) is 0 Å². The highest BCUT2D eigenvalue weighted by Gasteiger charge is 2.58. The lowest BCUT2D eigenvalue weighted by Crippen LogP contribution is -2.54. The van der Waals surface area contributed by atoms with Crippen molar-refractivity contribution in [3.63, 3.8) is 0 Å². The van der Waals surface area contributed by atoms with Gasteiger partial charge in [0.05, 0.1) is 5.25 Å². The van der Waals surface area contributed by atoms with Gasteiger partial charge in [0.25, 0.3) is 0 Å². The Morgan fingerprint density at radius 1 is 1.23 bits per heavy atom. The maximum absolute atomic E-state index is 11.0. The second kappa shape index (κ2) is 2.43. The molecule has 76 valence electrons. The molecule has 0 amide bonds. The largest absolute Gasteiger partial charge is 0.235 e. The SMILES string of the molecule is CC1(C)CC2(CC(S(=O)(=O)Cl)C2)C1. The normalized spacial score (nSPS) is 31.0. The molecule has 0 unspecified atom stereocenters. The van der Waals surface area contributed by atoms with E-state index in [0.717, 1.165) is 12.8 Å². The summed E-state index contributed by atoms with van der Waals surface area (Å²) in [6.45, 7) is 4.47. The number of rotatable bonds is 1. The van der Waals surface area contributed by atoms with Crippen LogP contribution in [0.25, 0.3) is 0 Å². The summed E-state index contributed by atoms with van der Waals surface area (Å²) < 4.78 is 21.9. The summed E-state index contributed by atoms with van der Waals surface area (Å²) >= 11 is 0.